The van der Waals surface area contributed by atoms with Gasteiger partial charge in [-0.3, -0.25) is 0 Å². The molecule has 0 bridgehead atoms. The van der Waals surface area contributed by atoms with Gasteiger partial charge in [-0.1, -0.05) is 12.1 Å². The number of alkyl halides is 6. The molecule has 0 aromatic heterocycles. The number of rotatable bonds is 9. The lowest BCUT2D eigenvalue weighted by atomic mass is 9.89. The van der Waals surface area contributed by atoms with Gasteiger partial charge in [0.05, 0.1) is 13.2 Å². The third-order valence-electron chi connectivity index (χ3n) is 4.77. The third-order valence-corrected chi connectivity index (χ3v) is 4.77. The van der Waals surface area contributed by atoms with Crippen LogP contribution < -0.4 is 14.6 Å². The number of halogens is 6. The van der Waals surface area contributed by atoms with Gasteiger partial charge in [-0.2, -0.15) is 26.3 Å². The fourth-order valence-electron chi connectivity index (χ4n) is 3.17. The van der Waals surface area contributed by atoms with Crippen molar-refractivity contribution in [3.05, 3.63) is 58.7 Å². The molecule has 0 saturated heterocycles. The first-order valence-electron chi connectivity index (χ1n) is 9.68. The standard InChI is InChI=1S/C22H22F6O5/c1-13-10-16(20(31,21(23,24)25)22(26,27)28)11-14(2)19(13)33-9-3-8-32-17-6-4-15(5-7-17)12-18(29)30/h4-7,10-11,31H,3,8-9,12H2,1-2H3,(H,29,30)/p-1. The molecule has 11 heteroatoms. The number of benzene rings is 2. The summed E-state index contributed by atoms with van der Waals surface area (Å²) in [5.74, 6) is -0.620. The van der Waals surface area contributed by atoms with E-state index in [2.05, 4.69) is 0 Å². The highest BCUT2D eigenvalue weighted by Gasteiger charge is 2.71. The van der Waals surface area contributed by atoms with Crippen LogP contribution in [-0.2, 0) is 16.8 Å². The molecule has 0 radical (unpaired) electrons. The lowest BCUT2D eigenvalue weighted by Gasteiger charge is -2.33. The van der Waals surface area contributed by atoms with Crippen molar-refractivity contribution in [2.24, 2.45) is 0 Å². The monoisotopic (exact) mass is 479 g/mol. The molecule has 2 aromatic rings. The van der Waals surface area contributed by atoms with Crippen molar-refractivity contribution in [3.63, 3.8) is 0 Å². The van der Waals surface area contributed by atoms with Crippen molar-refractivity contribution >= 4 is 5.97 Å². The van der Waals surface area contributed by atoms with Gasteiger partial charge < -0.3 is 24.5 Å². The molecule has 1 N–H and O–H groups in total. The second-order valence-corrected chi connectivity index (χ2v) is 7.39. The summed E-state index contributed by atoms with van der Waals surface area (Å²) < 4.78 is 89.7. The Morgan fingerprint density at radius 2 is 1.39 bits per heavy atom. The van der Waals surface area contributed by atoms with Crippen LogP contribution in [0.5, 0.6) is 11.5 Å². The average Bonchev–Trinajstić information content (AvgIpc) is 2.67. The van der Waals surface area contributed by atoms with Crippen LogP contribution in [0.25, 0.3) is 0 Å². The second kappa shape index (κ2) is 9.90. The maximum Gasteiger partial charge on any atom is 0.430 e. The van der Waals surface area contributed by atoms with Gasteiger partial charge in [0.1, 0.15) is 11.5 Å². The predicted octanol–water partition coefficient (Wildman–Crippen LogP) is 3.76. The summed E-state index contributed by atoms with van der Waals surface area (Å²) in [7, 11) is 0. The molecule has 0 amide bonds. The lowest BCUT2D eigenvalue weighted by molar-refractivity contribution is -0.376. The van der Waals surface area contributed by atoms with Crippen LogP contribution >= 0.6 is 0 Å². The average molecular weight is 479 g/mol. The molecular formula is C22H21F6O5-. The highest BCUT2D eigenvalue weighted by Crippen LogP contribution is 2.50. The minimum absolute atomic E-state index is 0.00125. The molecular weight excluding hydrogens is 458 g/mol. The summed E-state index contributed by atoms with van der Waals surface area (Å²) in [5.41, 5.74) is -5.79. The summed E-state index contributed by atoms with van der Waals surface area (Å²) in [5, 5.41) is 20.1. The van der Waals surface area contributed by atoms with Gasteiger partial charge in [-0.15, -0.1) is 0 Å². The van der Waals surface area contributed by atoms with Crippen LogP contribution in [0.4, 0.5) is 26.3 Å². The SMILES string of the molecule is Cc1cc(C(O)(C(F)(F)F)C(F)(F)F)cc(C)c1OCCCOc1ccc(CC(=O)[O-])cc1. The van der Waals surface area contributed by atoms with Gasteiger partial charge in [0, 0.05) is 24.4 Å². The molecule has 0 aliphatic heterocycles. The zero-order valence-electron chi connectivity index (χ0n) is 17.6. The number of ether oxygens (including phenoxy) is 2. The number of carbonyl (C=O) groups excluding carboxylic acids is 1. The van der Waals surface area contributed by atoms with Gasteiger partial charge >= 0.3 is 12.4 Å². The Balaban J connectivity index is 2.00. The molecule has 2 aromatic carbocycles. The van der Waals surface area contributed by atoms with Gasteiger partial charge in [0.15, 0.2) is 0 Å². The molecule has 0 aliphatic rings. The Hall–Kier alpha value is -2.95. The number of hydrogen-bond acceptors (Lipinski definition) is 5. The topological polar surface area (TPSA) is 78.8 Å². The molecule has 33 heavy (non-hydrogen) atoms. The van der Waals surface area contributed by atoms with Crippen LogP contribution in [0.15, 0.2) is 36.4 Å². The maximum absolute atomic E-state index is 13.1. The first-order valence-corrected chi connectivity index (χ1v) is 9.68. The quantitative estimate of drug-likeness (QED) is 0.438. The Bertz CT molecular complexity index is 930. The molecule has 0 unspecified atom stereocenters. The van der Waals surface area contributed by atoms with E-state index in [0.717, 1.165) is 0 Å². The summed E-state index contributed by atoms with van der Waals surface area (Å²) in [4.78, 5) is 10.5. The van der Waals surface area contributed by atoms with E-state index in [-0.39, 0.29) is 36.5 Å². The zero-order valence-corrected chi connectivity index (χ0v) is 17.6. The van der Waals surface area contributed by atoms with E-state index in [1.165, 1.54) is 13.8 Å². The van der Waals surface area contributed by atoms with E-state index in [0.29, 0.717) is 29.9 Å². The van der Waals surface area contributed by atoms with Crippen molar-refractivity contribution < 1.29 is 50.8 Å². The van der Waals surface area contributed by atoms with Crippen molar-refractivity contribution in [3.8, 4) is 11.5 Å². The number of aliphatic carboxylic acids is 1. The Morgan fingerprint density at radius 3 is 1.85 bits per heavy atom. The number of hydrogen-bond donors (Lipinski definition) is 1. The second-order valence-electron chi connectivity index (χ2n) is 7.39. The zero-order chi connectivity index (χ0) is 25.0. The van der Waals surface area contributed by atoms with Crippen LogP contribution in [0.1, 0.15) is 28.7 Å². The van der Waals surface area contributed by atoms with Crippen molar-refractivity contribution in [2.75, 3.05) is 13.2 Å². The number of aliphatic hydroxyl groups is 1. The molecule has 0 saturated carbocycles. The van der Waals surface area contributed by atoms with Crippen molar-refractivity contribution in [2.45, 2.75) is 44.6 Å². The highest BCUT2D eigenvalue weighted by atomic mass is 19.4. The van der Waals surface area contributed by atoms with E-state index in [4.69, 9.17) is 9.47 Å². The fraction of sp³-hybridized carbons (Fsp3) is 0.409. The van der Waals surface area contributed by atoms with Gasteiger partial charge in [-0.05, 0) is 54.8 Å². The number of carboxylic acids is 1. The summed E-state index contributed by atoms with van der Waals surface area (Å²) in [6.45, 7) is 2.82. The smallest absolute Gasteiger partial charge is 0.430 e. The van der Waals surface area contributed by atoms with Crippen LogP contribution in [-0.4, -0.2) is 36.6 Å². The van der Waals surface area contributed by atoms with E-state index in [1.54, 1.807) is 24.3 Å². The normalized spacial score (nSPS) is 12.5. The van der Waals surface area contributed by atoms with Gasteiger partial charge in [-0.25, -0.2) is 0 Å². The minimum atomic E-state index is -5.97. The summed E-state index contributed by atoms with van der Waals surface area (Å²) in [6, 6.07) is 7.50. The number of carboxylic acid groups (broad SMARTS) is 1. The summed E-state index contributed by atoms with van der Waals surface area (Å²) in [6.07, 6.45) is -11.8. The Labute approximate surface area is 185 Å². The van der Waals surface area contributed by atoms with Crippen molar-refractivity contribution in [1.29, 1.82) is 0 Å². The Kier molecular flexibility index (Phi) is 7.89. The maximum atomic E-state index is 13.1. The molecule has 0 atom stereocenters. The molecule has 0 spiro atoms. The van der Waals surface area contributed by atoms with E-state index in [1.807, 2.05) is 0 Å². The minimum Gasteiger partial charge on any atom is -0.550 e. The van der Waals surface area contributed by atoms with Crippen LogP contribution in [0.2, 0.25) is 0 Å². The fourth-order valence-corrected chi connectivity index (χ4v) is 3.17. The lowest BCUT2D eigenvalue weighted by Crippen LogP contribution is -2.54. The largest absolute Gasteiger partial charge is 0.550 e. The number of carbonyl (C=O) groups is 1. The molecule has 182 valence electrons. The molecule has 5 nitrogen and oxygen atoms in total. The van der Waals surface area contributed by atoms with Crippen molar-refractivity contribution in [1.82, 2.24) is 0 Å². The molecule has 0 fully saturated rings. The van der Waals surface area contributed by atoms with Gasteiger partial charge in [0.2, 0.25) is 0 Å². The first kappa shape index (κ1) is 26.3. The van der Waals surface area contributed by atoms with E-state index >= 15 is 0 Å². The van der Waals surface area contributed by atoms with E-state index in [9.17, 15) is 41.4 Å². The van der Waals surface area contributed by atoms with Crippen LogP contribution in [0, 0.1) is 13.8 Å². The predicted molar refractivity (Wildman–Crippen MR) is 103 cm³/mol. The highest BCUT2D eigenvalue weighted by molar-refractivity contribution is 5.67. The molecule has 0 heterocycles. The van der Waals surface area contributed by atoms with E-state index < -0.39 is 29.5 Å². The summed E-state index contributed by atoms with van der Waals surface area (Å²) >= 11 is 0. The van der Waals surface area contributed by atoms with Crippen LogP contribution in [0.3, 0.4) is 0 Å². The molecule has 0 aliphatic carbocycles. The van der Waals surface area contributed by atoms with Gasteiger partial charge in [0.25, 0.3) is 5.60 Å². The first-order chi connectivity index (χ1) is 15.2. The Morgan fingerprint density at radius 1 is 0.909 bits per heavy atom. The number of aryl methyl sites for hydroxylation is 2. The molecule has 2 rings (SSSR count). The third kappa shape index (κ3) is 6.10.